The Hall–Kier alpha value is -2.80. The number of carbonyl (C=O) groups excluding carboxylic acids is 1. The summed E-state index contributed by atoms with van der Waals surface area (Å²) >= 11 is 6.25. The average molecular weight is 421 g/mol. The number of halogens is 4. The van der Waals surface area contributed by atoms with Crippen molar-refractivity contribution in [3.8, 4) is 11.3 Å². The number of hydrogen-bond acceptors (Lipinski definition) is 3. The fraction of sp³-hybridized carbons (Fsp3) is 0.238. The zero-order valence-electron chi connectivity index (χ0n) is 15.3. The fourth-order valence-electron chi connectivity index (χ4n) is 3.24. The van der Waals surface area contributed by atoms with Crippen molar-refractivity contribution in [3.05, 3.63) is 69.9 Å². The lowest BCUT2D eigenvalue weighted by Gasteiger charge is -2.12. The summed E-state index contributed by atoms with van der Waals surface area (Å²) in [4.78, 5) is 13.1. The van der Waals surface area contributed by atoms with E-state index in [2.05, 4.69) is 10.5 Å². The van der Waals surface area contributed by atoms with Gasteiger partial charge in [0.1, 0.15) is 11.3 Å². The number of nitrogens with zero attached hydrogens (tertiary/aromatic N) is 1. The topological polar surface area (TPSA) is 55.1 Å². The van der Waals surface area contributed by atoms with Crippen LogP contribution in [0, 0.1) is 6.92 Å². The molecule has 3 aromatic rings. The average Bonchev–Trinajstić information content (AvgIpc) is 3.39. The van der Waals surface area contributed by atoms with Crippen molar-refractivity contribution in [1.82, 2.24) is 5.16 Å². The quantitative estimate of drug-likeness (QED) is 0.527. The summed E-state index contributed by atoms with van der Waals surface area (Å²) in [5, 5.41) is 7.15. The predicted molar refractivity (Wildman–Crippen MR) is 103 cm³/mol. The zero-order chi connectivity index (χ0) is 20.8. The maximum atomic E-state index is 13.1. The summed E-state index contributed by atoms with van der Waals surface area (Å²) in [6.45, 7) is 1.35. The van der Waals surface area contributed by atoms with Crippen molar-refractivity contribution in [3.63, 3.8) is 0 Å². The number of nitrogens with one attached hydrogen (secondary N) is 1. The lowest BCUT2D eigenvalue weighted by molar-refractivity contribution is -0.138. The number of alkyl halides is 3. The molecule has 150 valence electrons. The fourth-order valence-corrected chi connectivity index (χ4v) is 3.46. The molecule has 1 fully saturated rings. The van der Waals surface area contributed by atoms with Gasteiger partial charge in [-0.3, -0.25) is 4.79 Å². The first kappa shape index (κ1) is 19.5. The van der Waals surface area contributed by atoms with Crippen LogP contribution in [0.5, 0.6) is 0 Å². The Morgan fingerprint density at radius 2 is 1.93 bits per heavy atom. The zero-order valence-corrected chi connectivity index (χ0v) is 16.1. The van der Waals surface area contributed by atoms with E-state index in [1.807, 2.05) is 0 Å². The summed E-state index contributed by atoms with van der Waals surface area (Å²) in [7, 11) is 0. The third-order valence-corrected chi connectivity index (χ3v) is 5.15. The second kappa shape index (κ2) is 7.22. The molecular formula is C21H16ClF3N2O2. The van der Waals surface area contributed by atoms with E-state index in [0.717, 1.165) is 18.9 Å². The molecule has 29 heavy (non-hydrogen) atoms. The minimum Gasteiger partial charge on any atom is -0.355 e. The highest BCUT2D eigenvalue weighted by molar-refractivity contribution is 6.33. The molecule has 0 bridgehead atoms. The van der Waals surface area contributed by atoms with Crippen LogP contribution < -0.4 is 5.32 Å². The van der Waals surface area contributed by atoms with Crippen LogP contribution in [0.3, 0.4) is 0 Å². The smallest absolute Gasteiger partial charge is 0.355 e. The standard InChI is InChI=1S/C21H16ClF3N2O2/c1-11-10-13(8-9-15(11)21(23,24)25)26-20(28)17-18(12-6-7-12)27-29-19(17)14-4-2-3-5-16(14)22/h2-5,8-10,12H,6-7H2,1H3,(H,26,28). The van der Waals surface area contributed by atoms with Crippen molar-refractivity contribution >= 4 is 23.2 Å². The van der Waals surface area contributed by atoms with Crippen LogP contribution >= 0.6 is 11.6 Å². The molecule has 0 radical (unpaired) electrons. The Morgan fingerprint density at radius 1 is 1.21 bits per heavy atom. The number of aromatic nitrogens is 1. The van der Waals surface area contributed by atoms with Crippen LogP contribution in [-0.2, 0) is 6.18 Å². The van der Waals surface area contributed by atoms with E-state index in [4.69, 9.17) is 16.1 Å². The van der Waals surface area contributed by atoms with Crippen LogP contribution in [0.4, 0.5) is 18.9 Å². The first-order valence-electron chi connectivity index (χ1n) is 8.99. The lowest BCUT2D eigenvalue weighted by atomic mass is 10.0. The summed E-state index contributed by atoms with van der Waals surface area (Å²) in [6.07, 6.45) is -2.65. The van der Waals surface area contributed by atoms with Crippen molar-refractivity contribution in [2.75, 3.05) is 5.32 Å². The molecule has 1 aliphatic carbocycles. The van der Waals surface area contributed by atoms with E-state index in [1.54, 1.807) is 24.3 Å². The minimum absolute atomic E-state index is 0.0226. The van der Waals surface area contributed by atoms with E-state index in [1.165, 1.54) is 19.1 Å². The first-order valence-corrected chi connectivity index (χ1v) is 9.37. The maximum Gasteiger partial charge on any atom is 0.416 e. The van der Waals surface area contributed by atoms with E-state index >= 15 is 0 Å². The highest BCUT2D eigenvalue weighted by Crippen LogP contribution is 2.44. The molecule has 1 amide bonds. The number of anilines is 1. The van der Waals surface area contributed by atoms with Gasteiger partial charge in [0.15, 0.2) is 5.76 Å². The summed E-state index contributed by atoms with van der Waals surface area (Å²) < 4.78 is 44.4. The first-order chi connectivity index (χ1) is 13.8. The van der Waals surface area contributed by atoms with E-state index in [9.17, 15) is 18.0 Å². The number of hydrogen-bond donors (Lipinski definition) is 1. The van der Waals surface area contributed by atoms with Gasteiger partial charge in [-0.15, -0.1) is 0 Å². The van der Waals surface area contributed by atoms with Gasteiger partial charge >= 0.3 is 6.18 Å². The minimum atomic E-state index is -4.45. The molecule has 0 unspecified atom stereocenters. The van der Waals surface area contributed by atoms with Crippen LogP contribution in [0.1, 0.15) is 45.9 Å². The third kappa shape index (κ3) is 3.87. The van der Waals surface area contributed by atoms with Gasteiger partial charge in [-0.05, 0) is 55.7 Å². The Morgan fingerprint density at radius 3 is 2.55 bits per heavy atom. The van der Waals surface area contributed by atoms with Crippen LogP contribution in [0.2, 0.25) is 5.02 Å². The molecule has 0 saturated heterocycles. The second-order valence-electron chi connectivity index (χ2n) is 7.01. The molecule has 0 spiro atoms. The maximum absolute atomic E-state index is 13.1. The molecule has 0 aliphatic heterocycles. The molecule has 0 atom stereocenters. The monoisotopic (exact) mass is 420 g/mol. The Bertz CT molecular complexity index is 1090. The summed E-state index contributed by atoms with van der Waals surface area (Å²) in [6, 6.07) is 10.4. The molecule has 1 aromatic heterocycles. The van der Waals surface area contributed by atoms with E-state index < -0.39 is 17.6 Å². The van der Waals surface area contributed by atoms with Crippen LogP contribution in [0.25, 0.3) is 11.3 Å². The highest BCUT2D eigenvalue weighted by atomic mass is 35.5. The van der Waals surface area contributed by atoms with Gasteiger partial charge in [0.05, 0.1) is 10.6 Å². The van der Waals surface area contributed by atoms with Crippen LogP contribution in [-0.4, -0.2) is 11.1 Å². The van der Waals surface area contributed by atoms with Crippen molar-refractivity contribution in [2.24, 2.45) is 0 Å². The van der Waals surface area contributed by atoms with E-state index in [-0.39, 0.29) is 28.5 Å². The van der Waals surface area contributed by atoms with Crippen molar-refractivity contribution in [2.45, 2.75) is 31.9 Å². The van der Waals surface area contributed by atoms with Gasteiger partial charge in [0, 0.05) is 17.2 Å². The Labute approximate surface area is 169 Å². The molecule has 8 heteroatoms. The number of amides is 1. The Kier molecular flexibility index (Phi) is 4.86. The highest BCUT2D eigenvalue weighted by Gasteiger charge is 2.36. The van der Waals surface area contributed by atoms with Gasteiger partial charge < -0.3 is 9.84 Å². The molecule has 4 nitrogen and oxygen atoms in total. The number of carbonyl (C=O) groups is 1. The number of benzene rings is 2. The largest absolute Gasteiger partial charge is 0.416 e. The van der Waals surface area contributed by atoms with Crippen molar-refractivity contribution < 1.29 is 22.5 Å². The number of aryl methyl sites for hydroxylation is 1. The van der Waals surface area contributed by atoms with Gasteiger partial charge in [-0.1, -0.05) is 28.9 Å². The SMILES string of the molecule is Cc1cc(NC(=O)c2c(C3CC3)noc2-c2ccccc2Cl)ccc1C(F)(F)F. The summed E-state index contributed by atoms with van der Waals surface area (Å²) in [5.41, 5.74) is 0.875. The van der Waals surface area contributed by atoms with Gasteiger partial charge in [-0.25, -0.2) is 0 Å². The van der Waals surface area contributed by atoms with Crippen molar-refractivity contribution in [1.29, 1.82) is 0 Å². The molecule has 2 aromatic carbocycles. The molecular weight excluding hydrogens is 405 g/mol. The second-order valence-corrected chi connectivity index (χ2v) is 7.41. The molecule has 1 aliphatic rings. The number of rotatable bonds is 4. The van der Waals surface area contributed by atoms with Gasteiger partial charge in [0.25, 0.3) is 5.91 Å². The van der Waals surface area contributed by atoms with Gasteiger partial charge in [-0.2, -0.15) is 13.2 Å². The van der Waals surface area contributed by atoms with Crippen LogP contribution in [0.15, 0.2) is 47.0 Å². The normalized spacial score (nSPS) is 14.1. The predicted octanol–water partition coefficient (Wildman–Crippen LogP) is 6.45. The Balaban J connectivity index is 1.70. The van der Waals surface area contributed by atoms with Gasteiger partial charge in [0.2, 0.25) is 0 Å². The third-order valence-electron chi connectivity index (χ3n) is 4.82. The lowest BCUT2D eigenvalue weighted by Crippen LogP contribution is -2.15. The molecule has 4 rings (SSSR count). The molecule has 1 heterocycles. The summed E-state index contributed by atoms with van der Waals surface area (Å²) in [5.74, 6) is -0.119. The molecule has 1 N–H and O–H groups in total. The molecule has 1 saturated carbocycles. The van der Waals surface area contributed by atoms with E-state index in [0.29, 0.717) is 16.3 Å².